The summed E-state index contributed by atoms with van der Waals surface area (Å²) in [5.74, 6) is -2.89. The summed E-state index contributed by atoms with van der Waals surface area (Å²) in [6.45, 7) is 0. The number of benzene rings is 2. The molecule has 0 aliphatic heterocycles. The first-order valence-corrected chi connectivity index (χ1v) is 7.64. The minimum Gasteiger partial charge on any atom is -0.768 e. The Bertz CT molecular complexity index is 787. The molecular weight excluding hydrogens is 336 g/mol. The predicted octanol–water partition coefficient (Wildman–Crippen LogP) is 0.712. The number of rotatable bonds is 4. The van der Waals surface area contributed by atoms with Crippen molar-refractivity contribution >= 4 is 44.9 Å². The van der Waals surface area contributed by atoms with Gasteiger partial charge in [0.05, 0.1) is 11.1 Å². The zero-order valence-corrected chi connectivity index (χ0v) is 12.1. The van der Waals surface area contributed by atoms with Crippen molar-refractivity contribution in [2.24, 2.45) is 0 Å². The Kier molecular flexibility index (Phi) is 4.37. The van der Waals surface area contributed by atoms with Gasteiger partial charge in [0.1, 0.15) is 0 Å². The van der Waals surface area contributed by atoms with Crippen LogP contribution >= 0.6 is 0 Å². The molecule has 0 fully saturated rings. The lowest BCUT2D eigenvalue weighted by molar-refractivity contribution is 0.0685. The van der Waals surface area contributed by atoms with Crippen LogP contribution < -0.4 is 0 Å². The van der Waals surface area contributed by atoms with Crippen molar-refractivity contribution in [1.29, 1.82) is 0 Å². The fraction of sp³-hybridized carbons (Fsp3) is 0. The summed E-state index contributed by atoms with van der Waals surface area (Å²) in [6, 6.07) is 3.61. The van der Waals surface area contributed by atoms with Gasteiger partial charge in [-0.1, -0.05) is 0 Å². The number of carboxylic acids is 2. The Morgan fingerprint density at radius 3 is 1.32 bits per heavy atom. The highest BCUT2D eigenvalue weighted by Crippen LogP contribution is 2.30. The number of carboxylic acid groups (broad SMARTS) is 2. The van der Waals surface area contributed by atoms with E-state index in [-0.39, 0.29) is 10.8 Å². The molecule has 0 spiro atoms. The van der Waals surface area contributed by atoms with E-state index in [1.54, 1.807) is 0 Å². The standard InChI is InChI=1S/C12H8O8S2/c13-11(14)5-1-7-8(10(3-5)22(19)20)2-6(12(15)16)4-9(7)21(17)18/h1-4H,(H,13,14)(H,15,16)(H,17,18)(H,19,20)/p-2. The number of fused-ring (bicyclic) bond motifs is 1. The van der Waals surface area contributed by atoms with Crippen molar-refractivity contribution in [2.45, 2.75) is 9.79 Å². The molecule has 2 rings (SSSR count). The number of hydrogen-bond donors (Lipinski definition) is 2. The summed E-state index contributed by atoms with van der Waals surface area (Å²) >= 11 is -5.76. The van der Waals surface area contributed by atoms with E-state index < -0.39 is 55.0 Å². The van der Waals surface area contributed by atoms with Gasteiger partial charge < -0.3 is 19.3 Å². The van der Waals surface area contributed by atoms with Crippen LogP contribution in [0, 0.1) is 0 Å². The maximum absolute atomic E-state index is 11.3. The van der Waals surface area contributed by atoms with Crippen LogP contribution in [0.1, 0.15) is 20.7 Å². The van der Waals surface area contributed by atoms with E-state index in [2.05, 4.69) is 0 Å². The Hall–Kier alpha value is -2.14. The molecule has 0 radical (unpaired) electrons. The summed E-state index contributed by atoms with van der Waals surface area (Å²) in [5, 5.41) is 17.6. The summed E-state index contributed by atoms with van der Waals surface area (Å²) in [6.07, 6.45) is 0. The molecule has 0 aliphatic carbocycles. The number of aromatic carboxylic acids is 2. The zero-order chi connectivity index (χ0) is 16.6. The first-order valence-electron chi connectivity index (χ1n) is 5.49. The quantitative estimate of drug-likeness (QED) is 0.770. The summed E-state index contributed by atoms with van der Waals surface area (Å²) < 4.78 is 45.0. The van der Waals surface area contributed by atoms with E-state index in [0.717, 1.165) is 24.3 Å². The predicted molar refractivity (Wildman–Crippen MR) is 72.2 cm³/mol. The minimum absolute atomic E-state index is 0.183. The van der Waals surface area contributed by atoms with E-state index in [4.69, 9.17) is 10.2 Å². The monoisotopic (exact) mass is 342 g/mol. The number of carbonyl (C=O) groups is 2. The molecule has 0 saturated carbocycles. The highest BCUT2D eigenvalue weighted by atomic mass is 32.2. The molecule has 10 heteroatoms. The zero-order valence-electron chi connectivity index (χ0n) is 10.5. The fourth-order valence-corrected chi connectivity index (χ4v) is 3.06. The molecule has 0 saturated heterocycles. The van der Waals surface area contributed by atoms with Crippen LogP contribution in [0.3, 0.4) is 0 Å². The van der Waals surface area contributed by atoms with E-state index in [9.17, 15) is 27.1 Å². The van der Waals surface area contributed by atoms with Gasteiger partial charge in [0.2, 0.25) is 0 Å². The van der Waals surface area contributed by atoms with Gasteiger partial charge in [-0.05, 0) is 57.2 Å². The molecular formula is C12H6O8S2-2. The molecule has 0 bridgehead atoms. The van der Waals surface area contributed by atoms with Crippen LogP contribution in [0.2, 0.25) is 0 Å². The highest BCUT2D eigenvalue weighted by molar-refractivity contribution is 7.79. The van der Waals surface area contributed by atoms with Gasteiger partial charge in [-0.2, -0.15) is 0 Å². The van der Waals surface area contributed by atoms with E-state index in [1.807, 2.05) is 0 Å². The molecule has 2 aromatic carbocycles. The maximum Gasteiger partial charge on any atom is 0.335 e. The van der Waals surface area contributed by atoms with Crippen molar-refractivity contribution in [1.82, 2.24) is 0 Å². The van der Waals surface area contributed by atoms with Gasteiger partial charge in [-0.25, -0.2) is 9.59 Å². The van der Waals surface area contributed by atoms with Crippen molar-refractivity contribution < 1.29 is 37.3 Å². The molecule has 8 nitrogen and oxygen atoms in total. The van der Waals surface area contributed by atoms with Gasteiger partial charge in [-0.3, -0.25) is 8.42 Å². The van der Waals surface area contributed by atoms with E-state index in [0.29, 0.717) is 0 Å². The highest BCUT2D eigenvalue weighted by Gasteiger charge is 2.16. The maximum atomic E-state index is 11.3. The lowest BCUT2D eigenvalue weighted by atomic mass is 10.0. The third kappa shape index (κ3) is 2.90. The Labute approximate surface area is 128 Å². The Morgan fingerprint density at radius 1 is 0.773 bits per heavy atom. The van der Waals surface area contributed by atoms with Crippen LogP contribution in [-0.2, 0) is 22.2 Å². The lowest BCUT2D eigenvalue weighted by Crippen LogP contribution is -2.05. The molecule has 2 unspecified atom stereocenters. The minimum atomic E-state index is -2.88. The first kappa shape index (κ1) is 16.2. The Balaban J connectivity index is 3.03. The van der Waals surface area contributed by atoms with Gasteiger partial charge in [0, 0.05) is 9.79 Å². The molecule has 0 aromatic heterocycles. The van der Waals surface area contributed by atoms with Crippen molar-refractivity contribution in [3.63, 3.8) is 0 Å². The largest absolute Gasteiger partial charge is 0.768 e. The summed E-state index contributed by atoms with van der Waals surface area (Å²) in [4.78, 5) is 21.1. The van der Waals surface area contributed by atoms with Crippen LogP contribution in [0.15, 0.2) is 34.1 Å². The first-order chi connectivity index (χ1) is 10.2. The van der Waals surface area contributed by atoms with Crippen molar-refractivity contribution in [2.75, 3.05) is 0 Å². The lowest BCUT2D eigenvalue weighted by Gasteiger charge is -2.16. The molecule has 0 heterocycles. The summed E-state index contributed by atoms with van der Waals surface area (Å²) in [5.41, 5.74) is -0.858. The normalized spacial score (nSPS) is 13.7. The van der Waals surface area contributed by atoms with Gasteiger partial charge >= 0.3 is 11.9 Å². The second kappa shape index (κ2) is 5.93. The number of hydrogen-bond acceptors (Lipinski definition) is 6. The SMILES string of the molecule is O=C(O)c1cc(S(=O)[O-])c2cc(C(=O)O)cc(S(=O)[O-])c2c1. The fourth-order valence-electron chi connectivity index (χ4n) is 1.92. The molecule has 22 heavy (non-hydrogen) atoms. The second-order valence-electron chi connectivity index (χ2n) is 4.12. The average molecular weight is 342 g/mol. The molecule has 2 aromatic rings. The average Bonchev–Trinajstić information content (AvgIpc) is 2.44. The van der Waals surface area contributed by atoms with Crippen LogP contribution in [0.25, 0.3) is 10.8 Å². The molecule has 2 atom stereocenters. The van der Waals surface area contributed by atoms with Gasteiger partial charge in [0.25, 0.3) is 0 Å². The third-order valence-electron chi connectivity index (χ3n) is 2.85. The molecule has 0 amide bonds. The topological polar surface area (TPSA) is 155 Å². The second-order valence-corrected chi connectivity index (χ2v) is 5.94. The molecule has 2 N–H and O–H groups in total. The Morgan fingerprint density at radius 2 is 1.09 bits per heavy atom. The van der Waals surface area contributed by atoms with Crippen LogP contribution in [0.5, 0.6) is 0 Å². The summed E-state index contributed by atoms with van der Waals surface area (Å²) in [7, 11) is 0. The van der Waals surface area contributed by atoms with Crippen LogP contribution in [0.4, 0.5) is 0 Å². The third-order valence-corrected chi connectivity index (χ3v) is 4.24. The van der Waals surface area contributed by atoms with Crippen molar-refractivity contribution in [3.05, 3.63) is 35.4 Å². The van der Waals surface area contributed by atoms with Crippen molar-refractivity contribution in [3.8, 4) is 0 Å². The van der Waals surface area contributed by atoms with Crippen LogP contribution in [-0.4, -0.2) is 39.7 Å². The molecule has 0 aliphatic rings. The van der Waals surface area contributed by atoms with E-state index in [1.165, 1.54) is 0 Å². The van der Waals surface area contributed by atoms with Gasteiger partial charge in [-0.15, -0.1) is 0 Å². The van der Waals surface area contributed by atoms with Gasteiger partial charge in [0.15, 0.2) is 0 Å². The molecule has 116 valence electrons. The van der Waals surface area contributed by atoms with E-state index >= 15 is 0 Å². The smallest absolute Gasteiger partial charge is 0.335 e.